The molecule has 0 spiro atoms. The molecule has 0 aromatic heterocycles. The first-order valence-electron chi connectivity index (χ1n) is 6.50. The van der Waals surface area contributed by atoms with E-state index >= 15 is 0 Å². The topological polar surface area (TPSA) is 104 Å². The fraction of sp³-hybridized carbons (Fsp3) is 0.750. The molecule has 0 aromatic carbocycles. The second kappa shape index (κ2) is 6.96. The number of hydrogen-bond donors (Lipinski definition) is 2. The summed E-state index contributed by atoms with van der Waals surface area (Å²) in [5.74, 6) is -1.56. The minimum atomic E-state index is -1.02. The Morgan fingerprint density at radius 3 is 2.63 bits per heavy atom. The summed E-state index contributed by atoms with van der Waals surface area (Å²) in [6.07, 6.45) is 2.08. The van der Waals surface area contributed by atoms with Crippen LogP contribution in [0.2, 0.25) is 0 Å². The Labute approximate surface area is 112 Å². The van der Waals surface area contributed by atoms with Crippen LogP contribution in [0.5, 0.6) is 0 Å². The molecule has 0 aromatic rings. The van der Waals surface area contributed by atoms with Gasteiger partial charge in [-0.25, -0.2) is 4.79 Å². The number of aliphatic carboxylic acids is 1. The van der Waals surface area contributed by atoms with Crippen molar-refractivity contribution in [1.29, 1.82) is 0 Å². The number of primary amides is 1. The van der Waals surface area contributed by atoms with Crippen molar-refractivity contribution in [2.24, 2.45) is 11.7 Å². The molecule has 0 bridgehead atoms. The Morgan fingerprint density at radius 2 is 2.11 bits per heavy atom. The number of nitrogens with two attached hydrogens (primary N) is 1. The lowest BCUT2D eigenvalue weighted by atomic mass is 9.96. The third kappa shape index (κ3) is 4.42. The molecule has 7 nitrogen and oxygen atoms in total. The second-order valence-electron chi connectivity index (χ2n) is 4.78. The molecular weight excluding hydrogens is 250 g/mol. The normalized spacial score (nSPS) is 19.0. The molecule has 0 saturated carbocycles. The third-order valence-corrected chi connectivity index (χ3v) is 3.21. The molecule has 7 heteroatoms. The van der Waals surface area contributed by atoms with E-state index in [0.29, 0.717) is 32.4 Å². The van der Waals surface area contributed by atoms with Crippen LogP contribution in [0.3, 0.4) is 0 Å². The largest absolute Gasteiger partial charge is 0.480 e. The Kier molecular flexibility index (Phi) is 5.59. The lowest BCUT2D eigenvalue weighted by Gasteiger charge is -2.33. The van der Waals surface area contributed by atoms with Crippen molar-refractivity contribution < 1.29 is 19.5 Å². The van der Waals surface area contributed by atoms with E-state index in [4.69, 9.17) is 10.8 Å². The van der Waals surface area contributed by atoms with E-state index in [1.807, 2.05) is 6.92 Å². The van der Waals surface area contributed by atoms with E-state index in [1.54, 1.807) is 0 Å². The average Bonchev–Trinajstić information content (AvgIpc) is 2.37. The van der Waals surface area contributed by atoms with Crippen molar-refractivity contribution in [3.8, 4) is 0 Å². The van der Waals surface area contributed by atoms with Gasteiger partial charge in [0.25, 0.3) is 0 Å². The number of likely N-dealkylation sites (tertiary alicyclic amines) is 1. The SMILES string of the molecule is CCCN(CC(=O)O)C(=O)[C@@H]1CCCN(C(N)=O)C1. The standard InChI is InChI=1S/C12H21N3O4/c1-2-5-14(8-10(16)17)11(18)9-4-3-6-15(7-9)12(13)19/h9H,2-8H2,1H3,(H2,13,19)(H,16,17)/t9-/m1/s1. The molecule has 1 rings (SSSR count). The summed E-state index contributed by atoms with van der Waals surface area (Å²) < 4.78 is 0. The summed E-state index contributed by atoms with van der Waals surface area (Å²) >= 11 is 0. The van der Waals surface area contributed by atoms with Crippen molar-refractivity contribution in [3.63, 3.8) is 0 Å². The fourth-order valence-electron chi connectivity index (χ4n) is 2.34. The van der Waals surface area contributed by atoms with Gasteiger partial charge in [0, 0.05) is 19.6 Å². The van der Waals surface area contributed by atoms with E-state index in [9.17, 15) is 14.4 Å². The highest BCUT2D eigenvalue weighted by atomic mass is 16.4. The van der Waals surface area contributed by atoms with Crippen LogP contribution in [-0.4, -0.2) is 59.0 Å². The number of piperidine rings is 1. The van der Waals surface area contributed by atoms with Crippen molar-refractivity contribution in [3.05, 3.63) is 0 Å². The average molecular weight is 271 g/mol. The summed E-state index contributed by atoms with van der Waals surface area (Å²) in [4.78, 5) is 37.0. The van der Waals surface area contributed by atoms with Crippen LogP contribution in [0, 0.1) is 5.92 Å². The molecule has 3 amide bonds. The van der Waals surface area contributed by atoms with Crippen LogP contribution >= 0.6 is 0 Å². The quantitative estimate of drug-likeness (QED) is 0.740. The van der Waals surface area contributed by atoms with Crippen LogP contribution in [0.25, 0.3) is 0 Å². The highest BCUT2D eigenvalue weighted by Gasteiger charge is 2.30. The summed E-state index contributed by atoms with van der Waals surface area (Å²) in [6.45, 7) is 2.86. The molecule has 0 unspecified atom stereocenters. The molecule has 108 valence electrons. The van der Waals surface area contributed by atoms with Gasteiger partial charge in [0.1, 0.15) is 6.54 Å². The third-order valence-electron chi connectivity index (χ3n) is 3.21. The number of carboxylic acids is 1. The number of hydrogen-bond acceptors (Lipinski definition) is 3. The zero-order valence-electron chi connectivity index (χ0n) is 11.2. The predicted molar refractivity (Wildman–Crippen MR) is 68.4 cm³/mol. The van der Waals surface area contributed by atoms with Gasteiger partial charge in [0.05, 0.1) is 5.92 Å². The minimum absolute atomic E-state index is 0.199. The fourth-order valence-corrected chi connectivity index (χ4v) is 2.34. The first-order chi connectivity index (χ1) is 8.95. The van der Waals surface area contributed by atoms with E-state index in [0.717, 1.165) is 0 Å². The van der Waals surface area contributed by atoms with Gasteiger partial charge in [-0.1, -0.05) is 6.92 Å². The van der Waals surface area contributed by atoms with Gasteiger partial charge in [-0.2, -0.15) is 0 Å². The maximum Gasteiger partial charge on any atom is 0.323 e. The molecule has 1 fully saturated rings. The Bertz CT molecular complexity index is 359. The van der Waals surface area contributed by atoms with Crippen LogP contribution in [-0.2, 0) is 9.59 Å². The zero-order valence-corrected chi connectivity index (χ0v) is 11.2. The Morgan fingerprint density at radius 1 is 1.42 bits per heavy atom. The number of carbonyl (C=O) groups excluding carboxylic acids is 2. The summed E-state index contributed by atoms with van der Waals surface area (Å²) in [5, 5.41) is 8.82. The van der Waals surface area contributed by atoms with Gasteiger partial charge in [-0.3, -0.25) is 9.59 Å². The van der Waals surface area contributed by atoms with E-state index in [1.165, 1.54) is 9.80 Å². The smallest absolute Gasteiger partial charge is 0.323 e. The number of rotatable bonds is 5. The van der Waals surface area contributed by atoms with Gasteiger partial charge in [-0.05, 0) is 19.3 Å². The van der Waals surface area contributed by atoms with E-state index in [2.05, 4.69) is 0 Å². The predicted octanol–water partition coefficient (Wildman–Crippen LogP) is 0.100. The van der Waals surface area contributed by atoms with Crippen LogP contribution in [0.4, 0.5) is 4.79 Å². The molecule has 1 saturated heterocycles. The lowest BCUT2D eigenvalue weighted by molar-refractivity contribution is -0.147. The molecule has 1 aliphatic heterocycles. The molecular formula is C12H21N3O4. The summed E-state index contributed by atoms with van der Waals surface area (Å²) in [6, 6.07) is -0.530. The lowest BCUT2D eigenvalue weighted by Crippen LogP contribution is -2.49. The van der Waals surface area contributed by atoms with Crippen molar-refractivity contribution >= 4 is 17.9 Å². The van der Waals surface area contributed by atoms with Gasteiger partial charge in [0.15, 0.2) is 0 Å². The monoisotopic (exact) mass is 271 g/mol. The Hall–Kier alpha value is -1.79. The number of amides is 3. The maximum atomic E-state index is 12.3. The molecule has 19 heavy (non-hydrogen) atoms. The second-order valence-corrected chi connectivity index (χ2v) is 4.78. The molecule has 0 radical (unpaired) electrons. The van der Waals surface area contributed by atoms with Gasteiger partial charge in [-0.15, -0.1) is 0 Å². The van der Waals surface area contributed by atoms with Crippen molar-refractivity contribution in [2.75, 3.05) is 26.2 Å². The molecule has 0 aliphatic carbocycles. The zero-order chi connectivity index (χ0) is 14.4. The minimum Gasteiger partial charge on any atom is -0.480 e. The Balaban J connectivity index is 2.67. The maximum absolute atomic E-state index is 12.3. The first-order valence-corrected chi connectivity index (χ1v) is 6.50. The number of carboxylic acid groups (broad SMARTS) is 1. The van der Waals surface area contributed by atoms with Gasteiger partial charge in [0.2, 0.25) is 5.91 Å². The van der Waals surface area contributed by atoms with Crippen LogP contribution < -0.4 is 5.73 Å². The molecule has 1 heterocycles. The van der Waals surface area contributed by atoms with Gasteiger partial charge < -0.3 is 20.6 Å². The van der Waals surface area contributed by atoms with Crippen LogP contribution in [0.15, 0.2) is 0 Å². The summed E-state index contributed by atoms with van der Waals surface area (Å²) in [7, 11) is 0. The number of nitrogens with zero attached hydrogens (tertiary/aromatic N) is 2. The van der Waals surface area contributed by atoms with E-state index in [-0.39, 0.29) is 24.9 Å². The highest BCUT2D eigenvalue weighted by molar-refractivity contribution is 5.84. The number of carbonyl (C=O) groups is 3. The van der Waals surface area contributed by atoms with Gasteiger partial charge >= 0.3 is 12.0 Å². The summed E-state index contributed by atoms with van der Waals surface area (Å²) in [5.41, 5.74) is 5.21. The van der Waals surface area contributed by atoms with Crippen molar-refractivity contribution in [2.45, 2.75) is 26.2 Å². The first kappa shape index (κ1) is 15.3. The molecule has 1 aliphatic rings. The van der Waals surface area contributed by atoms with Crippen molar-refractivity contribution in [1.82, 2.24) is 9.80 Å². The number of urea groups is 1. The molecule has 3 N–H and O–H groups in total. The van der Waals surface area contributed by atoms with E-state index < -0.39 is 12.0 Å². The highest BCUT2D eigenvalue weighted by Crippen LogP contribution is 2.18. The molecule has 1 atom stereocenters. The van der Waals surface area contributed by atoms with Crippen LogP contribution in [0.1, 0.15) is 26.2 Å².